The van der Waals surface area contributed by atoms with Crippen LogP contribution >= 0.6 is 0 Å². The quantitative estimate of drug-likeness (QED) is 0.641. The van der Waals surface area contributed by atoms with Gasteiger partial charge in [-0.25, -0.2) is 0 Å². The number of anilines is 1. The molecule has 0 aliphatic carbocycles. The van der Waals surface area contributed by atoms with Crippen LogP contribution in [0.4, 0.5) is 5.69 Å². The van der Waals surface area contributed by atoms with Gasteiger partial charge in [-0.05, 0) is 25.5 Å². The molecule has 1 heteroatoms. The van der Waals surface area contributed by atoms with Gasteiger partial charge in [-0.1, -0.05) is 42.0 Å². The average molecular weight is 173 g/mol. The number of aryl methyl sites for hydroxylation is 2. The third kappa shape index (κ3) is 3.16. The van der Waals surface area contributed by atoms with E-state index in [1.54, 1.807) is 0 Å². The van der Waals surface area contributed by atoms with Gasteiger partial charge in [0.05, 0.1) is 0 Å². The Morgan fingerprint density at radius 3 is 2.31 bits per heavy atom. The van der Waals surface area contributed by atoms with Gasteiger partial charge in [0.25, 0.3) is 0 Å². The zero-order valence-corrected chi connectivity index (χ0v) is 8.12. The Bertz CT molecular complexity index is 341. The van der Waals surface area contributed by atoms with Crippen LogP contribution in [0.15, 0.2) is 42.5 Å². The van der Waals surface area contributed by atoms with Crippen molar-refractivity contribution in [3.05, 3.63) is 53.6 Å². The molecule has 0 heterocycles. The van der Waals surface area contributed by atoms with E-state index in [1.807, 2.05) is 37.3 Å². The minimum atomic E-state index is 0.815. The molecule has 0 spiro atoms. The predicted octanol–water partition coefficient (Wildman–Crippen LogP) is 3.01. The van der Waals surface area contributed by atoms with E-state index in [4.69, 9.17) is 5.73 Å². The summed E-state index contributed by atoms with van der Waals surface area (Å²) in [5, 5.41) is 0. The Morgan fingerprint density at radius 1 is 0.846 bits per heavy atom. The first-order chi connectivity index (χ1) is 6.20. The van der Waals surface area contributed by atoms with Gasteiger partial charge in [-0.15, -0.1) is 0 Å². The summed E-state index contributed by atoms with van der Waals surface area (Å²) in [6.07, 6.45) is 0. The van der Waals surface area contributed by atoms with Crippen molar-refractivity contribution in [1.82, 2.24) is 0 Å². The molecule has 0 aliphatic rings. The summed E-state index contributed by atoms with van der Waals surface area (Å²) in [6, 6.07) is 14.0. The largest absolute Gasteiger partial charge is 0.399 e. The lowest BCUT2D eigenvalue weighted by Gasteiger charge is -1.92. The Morgan fingerprint density at radius 2 is 1.54 bits per heavy atom. The van der Waals surface area contributed by atoms with E-state index < -0.39 is 0 Å². The lowest BCUT2D eigenvalue weighted by atomic mass is 10.2. The van der Waals surface area contributed by atoms with Crippen molar-refractivity contribution in [1.29, 1.82) is 0 Å². The minimum Gasteiger partial charge on any atom is -0.399 e. The molecule has 1 rings (SSSR count). The molecule has 0 saturated heterocycles. The first-order valence-corrected chi connectivity index (χ1v) is 4.36. The number of nitrogens with two attached hydrogens (primary N) is 1. The molecule has 0 aromatic heterocycles. The van der Waals surface area contributed by atoms with E-state index in [2.05, 4.69) is 19.1 Å². The van der Waals surface area contributed by atoms with E-state index in [1.165, 1.54) is 5.56 Å². The highest BCUT2D eigenvalue weighted by molar-refractivity contribution is 5.43. The molecule has 0 bridgehead atoms. The van der Waals surface area contributed by atoms with Crippen LogP contribution in [0.3, 0.4) is 0 Å². The second kappa shape index (κ2) is 4.51. The third-order valence-corrected chi connectivity index (χ3v) is 1.91. The molecular weight excluding hydrogens is 158 g/mol. The number of rotatable bonds is 0. The fourth-order valence-corrected chi connectivity index (χ4v) is 0.970. The van der Waals surface area contributed by atoms with Crippen molar-refractivity contribution in [3.63, 3.8) is 0 Å². The summed E-state index contributed by atoms with van der Waals surface area (Å²) in [5.74, 6) is 0. The fourth-order valence-electron chi connectivity index (χ4n) is 0.970. The van der Waals surface area contributed by atoms with Gasteiger partial charge >= 0.3 is 0 Å². The van der Waals surface area contributed by atoms with Gasteiger partial charge in [0, 0.05) is 5.69 Å². The Hall–Kier alpha value is -1.50. The smallest absolute Gasteiger partial charge is 0.0343 e. The van der Waals surface area contributed by atoms with Gasteiger partial charge < -0.3 is 5.73 Å². The van der Waals surface area contributed by atoms with Gasteiger partial charge in [0.15, 0.2) is 0 Å². The van der Waals surface area contributed by atoms with Crippen molar-refractivity contribution >= 4 is 5.69 Å². The average Bonchev–Trinajstić information content (AvgIpc) is 2.12. The Kier molecular flexibility index (Phi) is 3.32. The molecule has 2 N–H and O–H groups in total. The van der Waals surface area contributed by atoms with Gasteiger partial charge in [0.1, 0.15) is 0 Å². The van der Waals surface area contributed by atoms with Crippen LogP contribution in [0.5, 0.6) is 0 Å². The second-order valence-corrected chi connectivity index (χ2v) is 3.13. The summed E-state index contributed by atoms with van der Waals surface area (Å²) in [7, 11) is 0. The molecule has 1 aromatic carbocycles. The lowest BCUT2D eigenvalue weighted by Crippen LogP contribution is -1.84. The maximum Gasteiger partial charge on any atom is 0.0343 e. The summed E-state index contributed by atoms with van der Waals surface area (Å²) >= 11 is 0. The molecule has 1 aromatic rings. The van der Waals surface area contributed by atoms with Crippen molar-refractivity contribution < 1.29 is 0 Å². The van der Waals surface area contributed by atoms with Crippen molar-refractivity contribution in [2.45, 2.75) is 13.8 Å². The SMILES string of the molecule is Cc1cccccc(N)c(C)cc1. The molecule has 1 nitrogen and oxygen atoms in total. The highest BCUT2D eigenvalue weighted by atomic mass is 14.5. The standard InChI is InChI=1S/C12H15N/c1-10-6-4-3-5-7-12(13)11(2)9-8-10/h3-9H,13H2,1-2H3. The zero-order chi connectivity index (χ0) is 9.68. The zero-order valence-electron chi connectivity index (χ0n) is 8.12. The molecule has 68 valence electrons. The van der Waals surface area contributed by atoms with Crippen LogP contribution in [0, 0.1) is 13.8 Å². The summed E-state index contributed by atoms with van der Waals surface area (Å²) < 4.78 is 0. The van der Waals surface area contributed by atoms with Gasteiger partial charge in [-0.2, -0.15) is 0 Å². The topological polar surface area (TPSA) is 26.0 Å². The maximum absolute atomic E-state index is 5.80. The molecule has 0 atom stereocenters. The molecule has 0 aliphatic heterocycles. The molecule has 0 saturated carbocycles. The molecule has 0 fully saturated rings. The highest BCUT2D eigenvalue weighted by Gasteiger charge is 1.83. The maximum atomic E-state index is 5.80. The Labute approximate surface area is 79.5 Å². The van der Waals surface area contributed by atoms with Crippen molar-refractivity contribution in [3.8, 4) is 0 Å². The van der Waals surface area contributed by atoms with Gasteiger partial charge in [0.2, 0.25) is 0 Å². The summed E-state index contributed by atoms with van der Waals surface area (Å²) in [5.41, 5.74) is 8.93. The number of hydrogen-bond acceptors (Lipinski definition) is 1. The first kappa shape index (κ1) is 9.59. The summed E-state index contributed by atoms with van der Waals surface area (Å²) in [4.78, 5) is 0. The number of hydrogen-bond donors (Lipinski definition) is 1. The van der Waals surface area contributed by atoms with E-state index >= 15 is 0 Å². The van der Waals surface area contributed by atoms with E-state index in [0.717, 1.165) is 11.3 Å². The molecule has 13 heavy (non-hydrogen) atoms. The first-order valence-electron chi connectivity index (χ1n) is 4.36. The van der Waals surface area contributed by atoms with E-state index in [-0.39, 0.29) is 0 Å². The van der Waals surface area contributed by atoms with Crippen LogP contribution in [0.2, 0.25) is 0 Å². The number of nitrogen functional groups attached to an aromatic ring is 1. The van der Waals surface area contributed by atoms with Crippen LogP contribution < -0.4 is 5.73 Å². The lowest BCUT2D eigenvalue weighted by molar-refractivity contribution is 1.44. The second-order valence-electron chi connectivity index (χ2n) is 3.13. The van der Waals surface area contributed by atoms with Crippen LogP contribution in [0.1, 0.15) is 11.1 Å². The fraction of sp³-hybridized carbons (Fsp3) is 0.167. The Balaban J connectivity index is 3.34. The monoisotopic (exact) mass is 173 g/mol. The predicted molar refractivity (Wildman–Crippen MR) is 58.0 cm³/mol. The van der Waals surface area contributed by atoms with Crippen molar-refractivity contribution in [2.75, 3.05) is 5.73 Å². The molecule has 0 unspecified atom stereocenters. The van der Waals surface area contributed by atoms with E-state index in [9.17, 15) is 0 Å². The molecule has 0 amide bonds. The van der Waals surface area contributed by atoms with Crippen LogP contribution in [0.25, 0.3) is 0 Å². The van der Waals surface area contributed by atoms with Gasteiger partial charge in [-0.3, -0.25) is 0 Å². The van der Waals surface area contributed by atoms with Crippen LogP contribution in [-0.4, -0.2) is 0 Å². The minimum absolute atomic E-state index is 0.815. The van der Waals surface area contributed by atoms with E-state index in [0.29, 0.717) is 0 Å². The molecular formula is C12H15N. The summed E-state index contributed by atoms with van der Waals surface area (Å²) in [6.45, 7) is 4.07. The van der Waals surface area contributed by atoms with Crippen LogP contribution in [-0.2, 0) is 0 Å². The third-order valence-electron chi connectivity index (χ3n) is 1.91. The van der Waals surface area contributed by atoms with Crippen molar-refractivity contribution in [2.24, 2.45) is 0 Å². The molecule has 0 radical (unpaired) electrons. The highest BCUT2D eigenvalue weighted by Crippen LogP contribution is 2.05. The normalized spacial score (nSPS) is 9.08.